The van der Waals surface area contributed by atoms with E-state index in [1.165, 1.54) is 0 Å². The van der Waals surface area contributed by atoms with Gasteiger partial charge in [0.1, 0.15) is 12.4 Å². The van der Waals surface area contributed by atoms with E-state index in [-0.39, 0.29) is 6.03 Å². The van der Waals surface area contributed by atoms with Crippen molar-refractivity contribution in [3.05, 3.63) is 42.5 Å². The summed E-state index contributed by atoms with van der Waals surface area (Å²) < 4.78 is 5.85. The minimum Gasteiger partial charge on any atom is -0.491 e. The van der Waals surface area contributed by atoms with E-state index in [0.29, 0.717) is 13.2 Å². The summed E-state index contributed by atoms with van der Waals surface area (Å²) in [4.78, 5) is 16.4. The molecule has 0 bridgehead atoms. The van der Waals surface area contributed by atoms with E-state index >= 15 is 0 Å². The van der Waals surface area contributed by atoms with E-state index < -0.39 is 0 Å². The largest absolute Gasteiger partial charge is 0.491 e. The zero-order chi connectivity index (χ0) is 16.8. The van der Waals surface area contributed by atoms with E-state index in [9.17, 15) is 4.79 Å². The van der Waals surface area contributed by atoms with Crippen LogP contribution in [0.15, 0.2) is 42.5 Å². The Kier molecular flexibility index (Phi) is 5.54. The number of hydrogen-bond donors (Lipinski definition) is 1. The first-order valence-corrected chi connectivity index (χ1v) is 8.63. The van der Waals surface area contributed by atoms with E-state index in [4.69, 9.17) is 4.74 Å². The van der Waals surface area contributed by atoms with Crippen LogP contribution in [0.4, 0.5) is 4.79 Å². The molecule has 5 nitrogen and oxygen atoms in total. The predicted molar refractivity (Wildman–Crippen MR) is 96.5 cm³/mol. The Morgan fingerprint density at radius 3 is 2.62 bits per heavy atom. The van der Waals surface area contributed by atoms with Crippen LogP contribution in [-0.4, -0.2) is 61.7 Å². The van der Waals surface area contributed by atoms with Gasteiger partial charge in [-0.25, -0.2) is 4.79 Å². The number of carbonyl (C=O) groups excluding carboxylic acids is 1. The normalized spacial score (nSPS) is 15.5. The van der Waals surface area contributed by atoms with Crippen molar-refractivity contribution in [3.8, 4) is 5.75 Å². The van der Waals surface area contributed by atoms with Crippen molar-refractivity contribution in [1.82, 2.24) is 15.1 Å². The molecule has 24 heavy (non-hydrogen) atoms. The number of rotatable bonds is 5. The molecule has 1 heterocycles. The van der Waals surface area contributed by atoms with Crippen LogP contribution in [0.3, 0.4) is 0 Å². The van der Waals surface area contributed by atoms with Gasteiger partial charge in [0.05, 0.1) is 6.54 Å². The van der Waals surface area contributed by atoms with E-state index in [1.807, 2.05) is 29.2 Å². The van der Waals surface area contributed by atoms with Gasteiger partial charge in [-0.2, -0.15) is 0 Å². The lowest BCUT2D eigenvalue weighted by molar-refractivity contribution is 0.142. The fourth-order valence-electron chi connectivity index (χ4n) is 3.02. The maximum absolute atomic E-state index is 12.2. The summed E-state index contributed by atoms with van der Waals surface area (Å²) in [5.74, 6) is 0.860. The van der Waals surface area contributed by atoms with Gasteiger partial charge in [0.15, 0.2) is 0 Å². The van der Waals surface area contributed by atoms with Crippen LogP contribution in [0.2, 0.25) is 0 Å². The number of amides is 2. The molecule has 1 N–H and O–H groups in total. The van der Waals surface area contributed by atoms with Crippen LogP contribution in [0.25, 0.3) is 10.8 Å². The summed E-state index contributed by atoms with van der Waals surface area (Å²) in [6.45, 7) is 7.68. The van der Waals surface area contributed by atoms with Crippen LogP contribution in [-0.2, 0) is 0 Å². The fourth-order valence-corrected chi connectivity index (χ4v) is 3.02. The molecular weight excluding hydrogens is 302 g/mol. The van der Waals surface area contributed by atoms with Gasteiger partial charge in [0.25, 0.3) is 0 Å². The third-order valence-corrected chi connectivity index (χ3v) is 4.49. The number of urea groups is 1. The van der Waals surface area contributed by atoms with Crippen LogP contribution in [0.1, 0.15) is 6.92 Å². The standard InChI is InChI=1S/C19H25N3O2/c1-2-21-11-13-22(14-12-21)19(23)20-10-15-24-18-9-5-7-16-6-3-4-8-17(16)18/h3-9H,2,10-15H2,1H3,(H,20,23). The van der Waals surface area contributed by atoms with Crippen LogP contribution in [0.5, 0.6) is 5.75 Å². The van der Waals surface area contributed by atoms with Crippen molar-refractivity contribution in [3.63, 3.8) is 0 Å². The van der Waals surface area contributed by atoms with Crippen molar-refractivity contribution in [1.29, 1.82) is 0 Å². The summed E-state index contributed by atoms with van der Waals surface area (Å²) in [6.07, 6.45) is 0. The Hall–Kier alpha value is -2.27. The predicted octanol–water partition coefficient (Wildman–Crippen LogP) is 2.57. The van der Waals surface area contributed by atoms with E-state index in [1.54, 1.807) is 0 Å². The molecule has 1 aliphatic rings. The Labute approximate surface area is 143 Å². The van der Waals surface area contributed by atoms with Gasteiger partial charge < -0.3 is 19.9 Å². The second-order valence-corrected chi connectivity index (χ2v) is 5.98. The van der Waals surface area contributed by atoms with E-state index in [0.717, 1.165) is 49.2 Å². The van der Waals surface area contributed by atoms with Crippen LogP contribution >= 0.6 is 0 Å². The SMILES string of the molecule is CCN1CCN(C(=O)NCCOc2cccc3ccccc23)CC1. The average molecular weight is 327 g/mol. The van der Waals surface area contributed by atoms with Crippen molar-refractivity contribution in [2.24, 2.45) is 0 Å². The molecule has 5 heteroatoms. The Morgan fingerprint density at radius 1 is 1.08 bits per heavy atom. The van der Waals surface area contributed by atoms with Gasteiger partial charge >= 0.3 is 6.03 Å². The second kappa shape index (κ2) is 8.02. The molecule has 0 saturated carbocycles. The summed E-state index contributed by atoms with van der Waals surface area (Å²) in [5.41, 5.74) is 0. The molecule has 0 spiro atoms. The quantitative estimate of drug-likeness (QED) is 0.859. The van der Waals surface area contributed by atoms with Crippen molar-refractivity contribution < 1.29 is 9.53 Å². The molecule has 0 atom stereocenters. The maximum atomic E-state index is 12.2. The highest BCUT2D eigenvalue weighted by Gasteiger charge is 2.19. The molecule has 1 saturated heterocycles. The first kappa shape index (κ1) is 16.6. The zero-order valence-electron chi connectivity index (χ0n) is 14.2. The summed E-state index contributed by atoms with van der Waals surface area (Å²) >= 11 is 0. The third-order valence-electron chi connectivity index (χ3n) is 4.49. The minimum absolute atomic E-state index is 0.00673. The van der Waals surface area contributed by atoms with Crippen molar-refractivity contribution in [2.45, 2.75) is 6.92 Å². The fraction of sp³-hybridized carbons (Fsp3) is 0.421. The average Bonchev–Trinajstić information content (AvgIpc) is 2.65. The highest BCUT2D eigenvalue weighted by atomic mass is 16.5. The number of ether oxygens (including phenoxy) is 1. The smallest absolute Gasteiger partial charge is 0.317 e. The lowest BCUT2D eigenvalue weighted by Gasteiger charge is -2.33. The number of nitrogens with one attached hydrogen (secondary N) is 1. The van der Waals surface area contributed by atoms with Gasteiger partial charge in [-0.15, -0.1) is 0 Å². The van der Waals surface area contributed by atoms with Gasteiger partial charge in [-0.1, -0.05) is 43.3 Å². The molecule has 1 fully saturated rings. The molecular formula is C19H25N3O2. The Balaban J connectivity index is 1.44. The maximum Gasteiger partial charge on any atom is 0.317 e. The lowest BCUT2D eigenvalue weighted by Crippen LogP contribution is -2.52. The number of nitrogens with zero attached hydrogens (tertiary/aromatic N) is 2. The molecule has 0 unspecified atom stereocenters. The number of hydrogen-bond acceptors (Lipinski definition) is 3. The topological polar surface area (TPSA) is 44.8 Å². The number of piperazine rings is 1. The molecule has 3 rings (SSSR count). The highest BCUT2D eigenvalue weighted by molar-refractivity contribution is 5.88. The summed E-state index contributed by atoms with van der Waals surface area (Å²) in [6, 6.07) is 14.2. The van der Waals surface area contributed by atoms with Crippen molar-refractivity contribution >= 4 is 16.8 Å². The number of likely N-dealkylation sites (N-methyl/N-ethyl adjacent to an activating group) is 1. The summed E-state index contributed by atoms with van der Waals surface area (Å²) in [7, 11) is 0. The summed E-state index contributed by atoms with van der Waals surface area (Å²) in [5, 5.41) is 5.21. The first-order valence-electron chi connectivity index (χ1n) is 8.63. The zero-order valence-corrected chi connectivity index (χ0v) is 14.2. The monoisotopic (exact) mass is 327 g/mol. The number of carbonyl (C=O) groups is 1. The molecule has 128 valence electrons. The molecule has 0 aromatic heterocycles. The van der Waals surface area contributed by atoms with Crippen LogP contribution in [0, 0.1) is 0 Å². The Bertz CT molecular complexity index is 676. The van der Waals surface area contributed by atoms with Gasteiger partial charge in [0.2, 0.25) is 0 Å². The number of benzene rings is 2. The number of fused-ring (bicyclic) bond motifs is 1. The molecule has 2 amide bonds. The molecule has 2 aromatic rings. The van der Waals surface area contributed by atoms with Crippen molar-refractivity contribution in [2.75, 3.05) is 45.9 Å². The third kappa shape index (κ3) is 3.97. The molecule has 1 aliphatic heterocycles. The van der Waals surface area contributed by atoms with E-state index in [2.05, 4.69) is 35.3 Å². The lowest BCUT2D eigenvalue weighted by atomic mass is 10.1. The molecule has 0 aliphatic carbocycles. The molecule has 0 radical (unpaired) electrons. The minimum atomic E-state index is 0.00673. The van der Waals surface area contributed by atoms with Gasteiger partial charge in [0, 0.05) is 31.6 Å². The van der Waals surface area contributed by atoms with Crippen LogP contribution < -0.4 is 10.1 Å². The van der Waals surface area contributed by atoms with Gasteiger partial charge in [-0.05, 0) is 18.0 Å². The first-order chi connectivity index (χ1) is 11.8. The van der Waals surface area contributed by atoms with Gasteiger partial charge in [-0.3, -0.25) is 0 Å². The molecule has 2 aromatic carbocycles. The second-order valence-electron chi connectivity index (χ2n) is 5.98. The highest BCUT2D eigenvalue weighted by Crippen LogP contribution is 2.24. The Morgan fingerprint density at radius 2 is 1.83 bits per heavy atom.